The van der Waals surface area contributed by atoms with Crippen LogP contribution in [-0.4, -0.2) is 119 Å². The first kappa shape index (κ1) is 55.5. The van der Waals surface area contributed by atoms with Crippen LogP contribution in [0.4, 0.5) is 0 Å². The van der Waals surface area contributed by atoms with E-state index in [4.69, 9.17) is 71.0 Å². The van der Waals surface area contributed by atoms with Crippen molar-refractivity contribution in [2.75, 3.05) is 65.7 Å². The minimum Gasteiger partial charge on any atom is -0.481 e. The molecule has 2 saturated heterocycles. The number of ether oxygens (including phenoxy) is 2. The van der Waals surface area contributed by atoms with Gasteiger partial charge in [-0.05, 0) is 60.4 Å². The van der Waals surface area contributed by atoms with Crippen molar-refractivity contribution in [2.45, 2.75) is 51.6 Å². The second-order valence-corrected chi connectivity index (χ2v) is 18.7. The van der Waals surface area contributed by atoms with Crippen LogP contribution in [0, 0.1) is 0 Å². The van der Waals surface area contributed by atoms with Crippen LogP contribution < -0.4 is 5.32 Å². The number of carbonyl (C=O) groups excluding carboxylic acids is 3. The molecule has 0 saturated carbocycles. The van der Waals surface area contributed by atoms with E-state index in [1.807, 2.05) is 69.3 Å². The topological polar surface area (TPSA) is 154 Å². The van der Waals surface area contributed by atoms with Crippen molar-refractivity contribution in [3.8, 4) is 0 Å². The number of morpholine rings is 2. The summed E-state index contributed by atoms with van der Waals surface area (Å²) in [6.07, 6.45) is 2.89. The Balaban J connectivity index is 0.000000191. The summed E-state index contributed by atoms with van der Waals surface area (Å²) < 4.78 is 10.8. The number of hydrogen-bond donors (Lipinski definition) is 2. The number of carbonyl (C=O) groups is 4. The molecule has 19 heteroatoms. The Kier molecular flexibility index (Phi) is 20.5. The van der Waals surface area contributed by atoms with Crippen molar-refractivity contribution < 1.29 is 33.8 Å². The lowest BCUT2D eigenvalue weighted by Gasteiger charge is -2.32. The number of amides is 3. The van der Waals surface area contributed by atoms with Crippen molar-refractivity contribution in [3.63, 3.8) is 0 Å². The number of aryl methyl sites for hydroxylation is 2. The monoisotopic (exact) mass is 1080 g/mol. The van der Waals surface area contributed by atoms with Gasteiger partial charge in [-0.25, -0.2) is 0 Å². The summed E-state index contributed by atoms with van der Waals surface area (Å²) >= 11 is 23.8. The second kappa shape index (κ2) is 26.2. The Morgan fingerprint density at radius 2 is 1.07 bits per heavy atom. The van der Waals surface area contributed by atoms with E-state index in [9.17, 15) is 19.2 Å². The molecule has 4 aromatic carbocycles. The standard InChI is InChI=1S/C26H25Cl2N3O3.C17H19N3O2.C9H8Cl2O2.2ClH/c27-18-7-5-17(21(28)15-18)6-8-24(32)31-10-9-23-20(16-31)25(19-3-1-2-4-22(19)29-23)26(33)30-11-13-34-14-12-30;21-17(20-7-9-22-10-8-20)16-12-3-1-2-4-14(12)19-15-5-6-18-11-13(15)16;10-7-3-1-6(8(11)5-7)2-4-9(12)13;;/h1-5,7,15H,6,8-14,16H2;1-4,18H,5-11H2;1,3,5H,2,4H2,(H,12,13);2*1H. The first-order chi connectivity index (χ1) is 33.4. The third-order valence-corrected chi connectivity index (χ3v) is 13.8. The summed E-state index contributed by atoms with van der Waals surface area (Å²) in [6, 6.07) is 26.1. The average molecular weight is 1090 g/mol. The summed E-state index contributed by atoms with van der Waals surface area (Å²) in [4.78, 5) is 65.4. The Bertz CT molecular complexity index is 2880. The Morgan fingerprint density at radius 3 is 1.58 bits per heavy atom. The number of hydrogen-bond acceptors (Lipinski definition) is 9. The lowest BCUT2D eigenvalue weighted by atomic mass is 9.94. The number of aromatic nitrogens is 2. The highest BCUT2D eigenvalue weighted by molar-refractivity contribution is 6.35. The van der Waals surface area contributed by atoms with Crippen LogP contribution in [-0.2, 0) is 57.8 Å². The van der Waals surface area contributed by atoms with Gasteiger partial charge in [-0.1, -0.05) is 94.9 Å². The van der Waals surface area contributed by atoms with Crippen LogP contribution in [0.1, 0.15) is 67.2 Å². The van der Waals surface area contributed by atoms with Crippen LogP contribution in [0.3, 0.4) is 0 Å². The van der Waals surface area contributed by atoms with E-state index < -0.39 is 5.97 Å². The highest BCUT2D eigenvalue weighted by Crippen LogP contribution is 2.31. The lowest BCUT2D eigenvalue weighted by Crippen LogP contribution is -2.42. The quantitative estimate of drug-likeness (QED) is 0.151. The van der Waals surface area contributed by atoms with E-state index in [-0.39, 0.29) is 49.0 Å². The number of nitrogens with zero attached hydrogens (tertiary/aromatic N) is 5. The van der Waals surface area contributed by atoms with Crippen LogP contribution in [0.15, 0.2) is 84.9 Å². The summed E-state index contributed by atoms with van der Waals surface area (Å²) in [5.41, 5.74) is 8.83. The molecule has 0 aliphatic carbocycles. The number of rotatable bonds is 8. The molecule has 4 aliphatic rings. The van der Waals surface area contributed by atoms with E-state index in [0.29, 0.717) is 117 Å². The van der Waals surface area contributed by atoms with Crippen LogP contribution in [0.2, 0.25) is 20.1 Å². The average Bonchev–Trinajstić information content (AvgIpc) is 3.37. The minimum atomic E-state index is -0.828. The zero-order valence-electron chi connectivity index (χ0n) is 38.8. The predicted octanol–water partition coefficient (Wildman–Crippen LogP) is 9.74. The van der Waals surface area contributed by atoms with Gasteiger partial charge in [0.25, 0.3) is 11.8 Å². The number of aliphatic carboxylic acids is 1. The molecule has 6 aromatic rings. The minimum absolute atomic E-state index is 0. The van der Waals surface area contributed by atoms with Gasteiger partial charge < -0.3 is 34.6 Å². The Hall–Kier alpha value is -4.80. The predicted molar refractivity (Wildman–Crippen MR) is 283 cm³/mol. The molecule has 2 N–H and O–H groups in total. The van der Waals surface area contributed by atoms with Crippen molar-refractivity contribution in [3.05, 3.63) is 150 Å². The maximum Gasteiger partial charge on any atom is 0.303 e. The number of benzene rings is 4. The van der Waals surface area contributed by atoms with Crippen molar-refractivity contribution >= 4 is 117 Å². The number of carboxylic acids is 1. The number of nitrogens with one attached hydrogen (secondary N) is 1. The summed E-state index contributed by atoms with van der Waals surface area (Å²) in [5, 5.41) is 15.8. The van der Waals surface area contributed by atoms with Gasteiger partial charge in [0.1, 0.15) is 0 Å². The number of halogens is 6. The maximum atomic E-state index is 13.7. The largest absolute Gasteiger partial charge is 0.481 e. The van der Waals surface area contributed by atoms with Crippen molar-refractivity contribution in [1.82, 2.24) is 30.0 Å². The molecular weight excluding hydrogens is 1030 g/mol. The van der Waals surface area contributed by atoms with Gasteiger partial charge in [0.15, 0.2) is 0 Å². The van der Waals surface area contributed by atoms with Crippen molar-refractivity contribution in [2.24, 2.45) is 0 Å². The fraction of sp³-hybridized carbons (Fsp3) is 0.346. The maximum absolute atomic E-state index is 13.7. The molecule has 3 amide bonds. The third kappa shape index (κ3) is 13.8. The molecule has 0 spiro atoms. The van der Waals surface area contributed by atoms with Gasteiger partial charge in [-0.2, -0.15) is 0 Å². The van der Waals surface area contributed by atoms with Gasteiger partial charge in [0, 0.05) is 131 Å². The van der Waals surface area contributed by atoms with E-state index in [2.05, 4.69) is 5.32 Å². The third-order valence-electron chi connectivity index (χ3n) is 12.6. The Morgan fingerprint density at radius 1 is 0.592 bits per heavy atom. The van der Waals surface area contributed by atoms with E-state index in [1.54, 1.807) is 30.3 Å². The molecule has 6 heterocycles. The first-order valence-corrected chi connectivity index (χ1v) is 24.6. The van der Waals surface area contributed by atoms with Gasteiger partial charge >= 0.3 is 5.97 Å². The van der Waals surface area contributed by atoms with Crippen LogP contribution in [0.5, 0.6) is 0 Å². The molecule has 0 unspecified atom stereocenters. The van der Waals surface area contributed by atoms with E-state index in [1.165, 1.54) is 0 Å². The van der Waals surface area contributed by atoms with Gasteiger partial charge in [-0.3, -0.25) is 29.1 Å². The zero-order valence-corrected chi connectivity index (χ0v) is 43.4. The molecule has 10 rings (SSSR count). The first-order valence-electron chi connectivity index (χ1n) is 23.1. The molecule has 0 atom stereocenters. The smallest absolute Gasteiger partial charge is 0.303 e. The molecule has 0 bridgehead atoms. The fourth-order valence-electron chi connectivity index (χ4n) is 8.95. The lowest BCUT2D eigenvalue weighted by molar-refractivity contribution is -0.137. The summed E-state index contributed by atoms with van der Waals surface area (Å²) in [7, 11) is 0. The van der Waals surface area contributed by atoms with Gasteiger partial charge in [0.2, 0.25) is 5.91 Å². The summed E-state index contributed by atoms with van der Waals surface area (Å²) in [5.74, 6) is -0.692. The fourth-order valence-corrected chi connectivity index (χ4v) is 9.96. The molecule has 13 nitrogen and oxygen atoms in total. The number of pyridine rings is 2. The molecule has 2 fully saturated rings. The zero-order chi connectivity index (χ0) is 48.4. The number of para-hydroxylation sites is 2. The second-order valence-electron chi connectivity index (χ2n) is 17.0. The van der Waals surface area contributed by atoms with Crippen molar-refractivity contribution in [1.29, 1.82) is 0 Å². The summed E-state index contributed by atoms with van der Waals surface area (Å²) in [6.45, 7) is 7.37. The number of fused-ring (bicyclic) bond motifs is 4. The Labute approximate surface area is 444 Å². The molecule has 0 radical (unpaired) electrons. The van der Waals surface area contributed by atoms with E-state index in [0.717, 1.165) is 80.5 Å². The highest BCUT2D eigenvalue weighted by atomic mass is 35.5. The molecule has 2 aromatic heterocycles. The highest BCUT2D eigenvalue weighted by Gasteiger charge is 2.31. The molecule has 4 aliphatic heterocycles. The normalized spacial score (nSPS) is 15.1. The van der Waals surface area contributed by atoms with Crippen LogP contribution in [0.25, 0.3) is 21.8 Å². The van der Waals surface area contributed by atoms with E-state index >= 15 is 0 Å². The number of carboxylic acid groups (broad SMARTS) is 1. The van der Waals surface area contributed by atoms with Gasteiger partial charge in [-0.15, -0.1) is 24.8 Å². The molecule has 376 valence electrons. The van der Waals surface area contributed by atoms with Gasteiger partial charge in [0.05, 0.1) is 48.6 Å². The SMILES string of the molecule is Cl.Cl.O=C(CCc1ccc(Cl)cc1Cl)N1CCc2nc3ccccc3c(C(=O)N3CCOCC3)c2C1.O=C(O)CCc1ccc(Cl)cc1Cl.O=C(c1c2c(nc3ccccc13)CCNC2)N1CCOCC1. The molecular formula is C52H54Cl6N6O7. The molecule has 71 heavy (non-hydrogen) atoms. The van der Waals surface area contributed by atoms with Crippen LogP contribution >= 0.6 is 71.2 Å².